The van der Waals surface area contributed by atoms with Crippen molar-refractivity contribution >= 4 is 5.91 Å². The zero-order valence-corrected chi connectivity index (χ0v) is 17.0. The second-order valence-electron chi connectivity index (χ2n) is 8.83. The zero-order valence-electron chi connectivity index (χ0n) is 17.0. The van der Waals surface area contributed by atoms with Gasteiger partial charge in [0.1, 0.15) is 5.75 Å². The first-order valence-electron chi connectivity index (χ1n) is 10.6. The van der Waals surface area contributed by atoms with Crippen LogP contribution in [0.2, 0.25) is 0 Å². The number of nitrogens with zero attached hydrogens (tertiary/aromatic N) is 2. The standard InChI is InChI=1S/C24H29N3O2/c1-29-21-9-5-6-18(12-21)13-22(28)25-23-19-14-26-10-11-27(15-19)17-24(23,16-26)20-7-3-2-4-8-20/h2-9,12,19,23H,10-11,13-17H2,1H3,(H,25,28). The molecule has 2 aromatic carbocycles. The third kappa shape index (κ3) is 3.43. The number of carbonyl (C=O) groups excluding carboxylic acids is 1. The highest BCUT2D eigenvalue weighted by atomic mass is 16.5. The molecule has 0 spiro atoms. The van der Waals surface area contributed by atoms with Gasteiger partial charge >= 0.3 is 0 Å². The predicted molar refractivity (Wildman–Crippen MR) is 113 cm³/mol. The lowest BCUT2D eigenvalue weighted by atomic mass is 9.64. The highest BCUT2D eigenvalue weighted by Crippen LogP contribution is 2.43. The molecule has 4 fully saturated rings. The van der Waals surface area contributed by atoms with Crippen molar-refractivity contribution in [2.45, 2.75) is 17.9 Å². The van der Waals surface area contributed by atoms with Gasteiger partial charge in [0.25, 0.3) is 0 Å². The van der Waals surface area contributed by atoms with E-state index in [1.54, 1.807) is 7.11 Å². The molecule has 4 heterocycles. The number of fused-ring (bicyclic) bond motifs is 1. The number of piperidine rings is 2. The first-order valence-corrected chi connectivity index (χ1v) is 10.6. The van der Waals surface area contributed by atoms with Gasteiger partial charge in [0, 0.05) is 56.6 Å². The molecule has 2 aromatic rings. The minimum absolute atomic E-state index is 0.0387. The molecule has 4 saturated heterocycles. The number of benzene rings is 2. The molecule has 6 rings (SSSR count). The summed E-state index contributed by atoms with van der Waals surface area (Å²) in [5.41, 5.74) is 2.31. The fraction of sp³-hybridized carbons (Fsp3) is 0.458. The van der Waals surface area contributed by atoms with E-state index < -0.39 is 0 Å². The van der Waals surface area contributed by atoms with Crippen molar-refractivity contribution in [3.05, 3.63) is 65.7 Å². The Hall–Kier alpha value is -2.37. The Morgan fingerprint density at radius 3 is 2.48 bits per heavy atom. The summed E-state index contributed by atoms with van der Waals surface area (Å²) in [5.74, 6) is 1.37. The van der Waals surface area contributed by atoms with Crippen LogP contribution < -0.4 is 10.1 Å². The maximum atomic E-state index is 13.1. The number of ether oxygens (including phenoxy) is 1. The number of hydrogen-bond acceptors (Lipinski definition) is 4. The van der Waals surface area contributed by atoms with E-state index in [1.165, 1.54) is 5.56 Å². The lowest BCUT2D eigenvalue weighted by Gasteiger charge is -2.55. The summed E-state index contributed by atoms with van der Waals surface area (Å²) < 4.78 is 5.31. The van der Waals surface area contributed by atoms with Crippen LogP contribution in [0.25, 0.3) is 0 Å². The Kier molecular flexibility index (Phi) is 4.80. The number of methoxy groups -OCH3 is 1. The van der Waals surface area contributed by atoms with Crippen molar-refractivity contribution in [3.63, 3.8) is 0 Å². The molecule has 0 aromatic heterocycles. The molecule has 1 amide bonds. The lowest BCUT2D eigenvalue weighted by Crippen LogP contribution is -2.70. The molecule has 4 aliphatic heterocycles. The van der Waals surface area contributed by atoms with Gasteiger partial charge in [-0.25, -0.2) is 0 Å². The van der Waals surface area contributed by atoms with Gasteiger partial charge in [-0.05, 0) is 23.3 Å². The number of rotatable bonds is 5. The van der Waals surface area contributed by atoms with Crippen LogP contribution >= 0.6 is 0 Å². The molecule has 3 atom stereocenters. The zero-order chi connectivity index (χ0) is 19.8. The minimum Gasteiger partial charge on any atom is -0.497 e. The number of amides is 1. The van der Waals surface area contributed by atoms with E-state index in [9.17, 15) is 4.79 Å². The summed E-state index contributed by atoms with van der Waals surface area (Å²) in [4.78, 5) is 18.3. The second-order valence-corrected chi connectivity index (χ2v) is 8.83. The topological polar surface area (TPSA) is 44.8 Å². The fourth-order valence-corrected chi connectivity index (χ4v) is 5.76. The van der Waals surface area contributed by atoms with Gasteiger partial charge in [0.15, 0.2) is 0 Å². The Morgan fingerprint density at radius 1 is 1.07 bits per heavy atom. The molecule has 0 radical (unpaired) electrons. The third-order valence-corrected chi connectivity index (χ3v) is 6.96. The lowest BCUT2D eigenvalue weighted by molar-refractivity contribution is -0.123. The molecular formula is C24H29N3O2. The Labute approximate surface area is 172 Å². The van der Waals surface area contributed by atoms with Gasteiger partial charge < -0.3 is 19.9 Å². The Bertz CT molecular complexity index is 869. The number of nitrogens with one attached hydrogen (secondary N) is 1. The molecule has 29 heavy (non-hydrogen) atoms. The average molecular weight is 392 g/mol. The van der Waals surface area contributed by atoms with Crippen LogP contribution in [0, 0.1) is 5.92 Å². The van der Waals surface area contributed by atoms with Crippen molar-refractivity contribution in [1.82, 2.24) is 15.1 Å². The van der Waals surface area contributed by atoms with Gasteiger partial charge in [-0.1, -0.05) is 42.5 Å². The van der Waals surface area contributed by atoms with E-state index in [2.05, 4.69) is 45.4 Å². The number of hydrogen-bond donors (Lipinski definition) is 1. The van der Waals surface area contributed by atoms with E-state index in [0.717, 1.165) is 50.6 Å². The summed E-state index contributed by atoms with van der Waals surface area (Å²) in [6.07, 6.45) is 0.388. The molecule has 5 heteroatoms. The van der Waals surface area contributed by atoms with Crippen molar-refractivity contribution in [2.75, 3.05) is 46.4 Å². The fourth-order valence-electron chi connectivity index (χ4n) is 5.76. The van der Waals surface area contributed by atoms with E-state index in [4.69, 9.17) is 4.74 Å². The van der Waals surface area contributed by atoms with Gasteiger partial charge in [0.05, 0.1) is 13.5 Å². The van der Waals surface area contributed by atoms with Gasteiger partial charge in [-0.2, -0.15) is 0 Å². The van der Waals surface area contributed by atoms with Crippen LogP contribution in [0.4, 0.5) is 0 Å². The molecule has 3 unspecified atom stereocenters. The third-order valence-electron chi connectivity index (χ3n) is 6.96. The SMILES string of the molecule is COc1cccc(CC(=O)NC2C3CN4CCN(C3)CC2(c2ccccc2)C4)c1. The van der Waals surface area contributed by atoms with Crippen LogP contribution in [0.3, 0.4) is 0 Å². The molecule has 5 nitrogen and oxygen atoms in total. The summed E-state index contributed by atoms with van der Waals surface area (Å²) in [5, 5.41) is 3.48. The van der Waals surface area contributed by atoms with Crippen LogP contribution in [-0.4, -0.2) is 68.1 Å². The second kappa shape index (κ2) is 7.47. The van der Waals surface area contributed by atoms with Crippen molar-refractivity contribution in [2.24, 2.45) is 5.92 Å². The van der Waals surface area contributed by atoms with E-state index in [0.29, 0.717) is 12.3 Å². The maximum Gasteiger partial charge on any atom is 0.224 e. The van der Waals surface area contributed by atoms with E-state index >= 15 is 0 Å². The van der Waals surface area contributed by atoms with Crippen molar-refractivity contribution in [1.29, 1.82) is 0 Å². The smallest absolute Gasteiger partial charge is 0.224 e. The summed E-state index contributed by atoms with van der Waals surface area (Å²) in [6, 6.07) is 18.8. The Balaban J connectivity index is 1.42. The molecular weight excluding hydrogens is 362 g/mol. The molecule has 4 bridgehead atoms. The minimum atomic E-state index is -0.0387. The van der Waals surface area contributed by atoms with E-state index in [1.807, 2.05) is 24.3 Å². The molecule has 152 valence electrons. The molecule has 1 N–H and O–H groups in total. The average Bonchev–Trinajstić information content (AvgIpc) is 2.99. The van der Waals surface area contributed by atoms with Crippen molar-refractivity contribution in [3.8, 4) is 5.75 Å². The van der Waals surface area contributed by atoms with Gasteiger partial charge in [0.2, 0.25) is 5.91 Å². The first-order chi connectivity index (χ1) is 14.2. The quantitative estimate of drug-likeness (QED) is 0.846. The van der Waals surface area contributed by atoms with Gasteiger partial charge in [-0.15, -0.1) is 0 Å². The summed E-state index contributed by atoms with van der Waals surface area (Å²) in [7, 11) is 1.66. The van der Waals surface area contributed by atoms with Crippen LogP contribution in [0.15, 0.2) is 54.6 Å². The van der Waals surface area contributed by atoms with Crippen molar-refractivity contribution < 1.29 is 9.53 Å². The summed E-state index contributed by atoms with van der Waals surface area (Å²) >= 11 is 0. The monoisotopic (exact) mass is 391 g/mol. The molecule has 4 aliphatic rings. The van der Waals surface area contributed by atoms with Crippen LogP contribution in [0.1, 0.15) is 11.1 Å². The Morgan fingerprint density at radius 2 is 1.79 bits per heavy atom. The molecule has 0 saturated carbocycles. The van der Waals surface area contributed by atoms with Crippen LogP contribution in [0.5, 0.6) is 5.75 Å². The highest BCUT2D eigenvalue weighted by molar-refractivity contribution is 5.79. The predicted octanol–water partition coefficient (Wildman–Crippen LogP) is 1.92. The highest BCUT2D eigenvalue weighted by Gasteiger charge is 2.55. The largest absolute Gasteiger partial charge is 0.497 e. The molecule has 0 aliphatic carbocycles. The van der Waals surface area contributed by atoms with E-state index in [-0.39, 0.29) is 17.4 Å². The van der Waals surface area contributed by atoms with Gasteiger partial charge in [-0.3, -0.25) is 4.79 Å². The summed E-state index contributed by atoms with van der Waals surface area (Å²) in [6.45, 7) is 6.47. The maximum absolute atomic E-state index is 13.1. The van der Waals surface area contributed by atoms with Crippen LogP contribution in [-0.2, 0) is 16.6 Å². The first kappa shape index (κ1) is 18.6. The normalized spacial score (nSPS) is 32.6. The number of carbonyl (C=O) groups is 1.